The van der Waals surface area contributed by atoms with Gasteiger partial charge < -0.3 is 24.3 Å². The fourth-order valence-electron chi connectivity index (χ4n) is 6.20. The fraction of sp³-hybridized carbons (Fsp3) is 0.469. The number of halogens is 1. The number of carbonyl (C=O) groups excluding carboxylic acids is 1. The molecule has 2 aliphatic heterocycles. The second-order valence-corrected chi connectivity index (χ2v) is 11.7. The lowest BCUT2D eigenvalue weighted by molar-refractivity contribution is -0.128. The van der Waals surface area contributed by atoms with E-state index in [4.69, 9.17) is 21.3 Å². The zero-order valence-electron chi connectivity index (χ0n) is 24.7. The van der Waals surface area contributed by atoms with Crippen molar-refractivity contribution in [2.75, 3.05) is 56.2 Å². The lowest BCUT2D eigenvalue weighted by atomic mass is 10.0. The number of pyridine rings is 1. The Morgan fingerprint density at radius 2 is 2.09 bits per heavy atom. The van der Waals surface area contributed by atoms with Crippen molar-refractivity contribution in [2.45, 2.75) is 50.9 Å². The Hall–Kier alpha value is -4.30. The van der Waals surface area contributed by atoms with Crippen LogP contribution < -0.4 is 14.5 Å². The van der Waals surface area contributed by atoms with Crippen molar-refractivity contribution < 1.29 is 13.9 Å². The van der Waals surface area contributed by atoms with E-state index in [-0.39, 0.29) is 30.4 Å². The van der Waals surface area contributed by atoms with E-state index in [0.717, 1.165) is 28.1 Å². The van der Waals surface area contributed by atoms with Gasteiger partial charge in [-0.25, -0.2) is 11.0 Å². The van der Waals surface area contributed by atoms with Crippen LogP contribution in [0.2, 0.25) is 0 Å². The van der Waals surface area contributed by atoms with E-state index < -0.39 is 0 Å². The molecule has 10 nitrogen and oxygen atoms in total. The highest BCUT2D eigenvalue weighted by Crippen LogP contribution is 2.35. The summed E-state index contributed by atoms with van der Waals surface area (Å²) in [6.45, 7) is 16.5. The summed E-state index contributed by atoms with van der Waals surface area (Å²) < 4.78 is 21.3. The number of carbonyl (C=O) groups is 1. The van der Waals surface area contributed by atoms with E-state index in [0.29, 0.717) is 63.2 Å². The number of ether oxygens (including phenoxy) is 1. The first-order valence-corrected chi connectivity index (χ1v) is 14.9. The molecule has 3 aliphatic rings. The zero-order chi connectivity index (χ0) is 30.1. The van der Waals surface area contributed by atoms with Crippen molar-refractivity contribution in [1.82, 2.24) is 24.8 Å². The number of anilines is 2. The van der Waals surface area contributed by atoms with Gasteiger partial charge in [0, 0.05) is 60.8 Å². The normalized spacial score (nSPS) is 19.2. The van der Waals surface area contributed by atoms with Crippen LogP contribution in [0.1, 0.15) is 31.0 Å². The summed E-state index contributed by atoms with van der Waals surface area (Å²) in [5, 5.41) is 1.30. The Bertz CT molecular complexity index is 1570. The van der Waals surface area contributed by atoms with Gasteiger partial charge in [-0.2, -0.15) is 9.97 Å². The third kappa shape index (κ3) is 5.84. The van der Waals surface area contributed by atoms with Gasteiger partial charge in [0.05, 0.1) is 24.1 Å². The minimum absolute atomic E-state index is 0.164. The van der Waals surface area contributed by atoms with Crippen LogP contribution in [0.3, 0.4) is 0 Å². The topological polar surface area (TPSA) is 82.3 Å². The van der Waals surface area contributed by atoms with Crippen molar-refractivity contribution in [3.63, 3.8) is 0 Å². The van der Waals surface area contributed by atoms with Gasteiger partial charge in [-0.1, -0.05) is 18.7 Å². The average Bonchev–Trinajstić information content (AvgIpc) is 3.88. The summed E-state index contributed by atoms with van der Waals surface area (Å²) in [4.78, 5) is 38.7. The molecule has 1 aromatic carbocycles. The molecule has 0 bridgehead atoms. The van der Waals surface area contributed by atoms with Gasteiger partial charge in [-0.15, -0.1) is 0 Å². The molecule has 224 valence electrons. The number of likely N-dealkylation sites (N-methyl/N-ethyl adjacent to an activating group) is 1. The lowest BCUT2D eigenvalue weighted by Crippen LogP contribution is -2.56. The first-order valence-electron chi connectivity index (χ1n) is 14.9. The van der Waals surface area contributed by atoms with Crippen molar-refractivity contribution in [1.29, 1.82) is 0 Å². The maximum atomic E-state index is 15.0. The quantitative estimate of drug-likeness (QED) is 0.278. The van der Waals surface area contributed by atoms with Crippen LogP contribution in [0.5, 0.6) is 6.01 Å². The molecule has 0 radical (unpaired) electrons. The Morgan fingerprint density at radius 1 is 1.26 bits per heavy atom. The van der Waals surface area contributed by atoms with E-state index in [2.05, 4.69) is 45.1 Å². The highest BCUT2D eigenvalue weighted by Gasteiger charge is 2.35. The maximum absolute atomic E-state index is 15.0. The summed E-state index contributed by atoms with van der Waals surface area (Å²) in [7, 11) is 2.13. The van der Waals surface area contributed by atoms with Crippen LogP contribution in [-0.4, -0.2) is 95.2 Å². The molecule has 0 unspecified atom stereocenters. The summed E-state index contributed by atoms with van der Waals surface area (Å²) in [6.07, 6.45) is 7.79. The summed E-state index contributed by atoms with van der Waals surface area (Å²) in [5.74, 6) is 0.341. The van der Waals surface area contributed by atoms with Gasteiger partial charge in [0.15, 0.2) is 0 Å². The SMILES string of the molecule is [C-]#[N+]C[C@H]1CN(c2nc(OC[C@H](C)N(C)C3CC3)nc3c2CCN(c2cncc4cccc(F)c24)C3)CCN1C(=O)C=C. The minimum atomic E-state index is -0.278. The maximum Gasteiger partial charge on any atom is 0.318 e. The second kappa shape index (κ2) is 12.1. The Kier molecular flexibility index (Phi) is 8.13. The van der Waals surface area contributed by atoms with Gasteiger partial charge in [0.1, 0.15) is 24.3 Å². The largest absolute Gasteiger partial charge is 0.462 e. The second-order valence-electron chi connectivity index (χ2n) is 11.7. The molecule has 0 spiro atoms. The number of fused-ring (bicyclic) bond motifs is 2. The Labute approximate surface area is 251 Å². The van der Waals surface area contributed by atoms with Gasteiger partial charge >= 0.3 is 6.01 Å². The van der Waals surface area contributed by atoms with Crippen LogP contribution in [0.4, 0.5) is 15.9 Å². The summed E-state index contributed by atoms with van der Waals surface area (Å²) in [6, 6.07) is 5.89. The molecule has 1 saturated carbocycles. The molecule has 2 fully saturated rings. The van der Waals surface area contributed by atoms with Crippen LogP contribution in [-0.2, 0) is 17.8 Å². The molecule has 2 aromatic heterocycles. The van der Waals surface area contributed by atoms with E-state index in [9.17, 15) is 4.79 Å². The van der Waals surface area contributed by atoms with Crippen molar-refractivity contribution >= 4 is 28.2 Å². The first-order chi connectivity index (χ1) is 20.9. The van der Waals surface area contributed by atoms with E-state index in [1.807, 2.05) is 6.07 Å². The van der Waals surface area contributed by atoms with Crippen molar-refractivity contribution in [3.8, 4) is 6.01 Å². The number of piperazine rings is 1. The lowest BCUT2D eigenvalue weighted by Gasteiger charge is -2.41. The third-order valence-corrected chi connectivity index (χ3v) is 8.89. The predicted octanol–water partition coefficient (Wildman–Crippen LogP) is 3.71. The molecule has 2 atom stereocenters. The summed E-state index contributed by atoms with van der Waals surface area (Å²) in [5.41, 5.74) is 2.58. The Morgan fingerprint density at radius 3 is 2.86 bits per heavy atom. The van der Waals surface area contributed by atoms with E-state index in [1.54, 1.807) is 23.4 Å². The molecule has 1 saturated heterocycles. The highest BCUT2D eigenvalue weighted by atomic mass is 19.1. The van der Waals surface area contributed by atoms with Crippen LogP contribution in [0, 0.1) is 12.4 Å². The van der Waals surface area contributed by atoms with Crippen molar-refractivity contribution in [3.05, 3.63) is 71.7 Å². The molecular weight excluding hydrogens is 547 g/mol. The zero-order valence-corrected chi connectivity index (χ0v) is 24.7. The van der Waals surface area contributed by atoms with Gasteiger partial charge in [-0.3, -0.25) is 14.7 Å². The molecule has 6 rings (SSSR count). The standard InChI is InChI=1S/C32H37FN8O2/c1-5-29(42)41-14-13-40(18-24(41)16-34-3)31-25-11-12-39(28-17-35-15-22-7-6-8-26(33)30(22)28)19-27(25)36-32(37-31)43-20-21(2)38(4)23-9-10-23/h5-8,15,17,21,23-24H,1,9-14,16,18-20H2,2,4H3/t21-,24-/m0/s1. The third-order valence-electron chi connectivity index (χ3n) is 8.89. The smallest absolute Gasteiger partial charge is 0.318 e. The predicted molar refractivity (Wildman–Crippen MR) is 164 cm³/mol. The van der Waals surface area contributed by atoms with Crippen molar-refractivity contribution in [2.24, 2.45) is 0 Å². The number of hydrogen-bond acceptors (Lipinski definition) is 8. The molecule has 3 aromatic rings. The van der Waals surface area contributed by atoms with Gasteiger partial charge in [0.25, 0.3) is 0 Å². The number of aromatic nitrogens is 3. The molecule has 43 heavy (non-hydrogen) atoms. The van der Waals surface area contributed by atoms with E-state index >= 15 is 4.39 Å². The highest BCUT2D eigenvalue weighted by molar-refractivity contribution is 5.94. The summed E-state index contributed by atoms with van der Waals surface area (Å²) >= 11 is 0. The Balaban J connectivity index is 1.33. The van der Waals surface area contributed by atoms with Gasteiger partial charge in [0.2, 0.25) is 12.5 Å². The number of amides is 1. The van der Waals surface area contributed by atoms with Crippen LogP contribution >= 0.6 is 0 Å². The molecule has 11 heteroatoms. The van der Waals surface area contributed by atoms with Crippen LogP contribution in [0.25, 0.3) is 15.6 Å². The van der Waals surface area contributed by atoms with E-state index in [1.165, 1.54) is 25.0 Å². The first kappa shape index (κ1) is 28.8. The van der Waals surface area contributed by atoms with Gasteiger partial charge in [-0.05, 0) is 45.4 Å². The molecule has 1 amide bonds. The number of benzene rings is 1. The van der Waals surface area contributed by atoms with Crippen LogP contribution in [0.15, 0.2) is 43.2 Å². The number of nitrogens with zero attached hydrogens (tertiary/aromatic N) is 8. The number of hydrogen-bond donors (Lipinski definition) is 0. The number of rotatable bonds is 9. The minimum Gasteiger partial charge on any atom is -0.462 e. The fourth-order valence-corrected chi connectivity index (χ4v) is 6.20. The molecule has 4 heterocycles. The molecule has 1 aliphatic carbocycles. The molecular formula is C32H37FN8O2. The monoisotopic (exact) mass is 584 g/mol. The average molecular weight is 585 g/mol. The molecule has 0 N–H and O–H groups in total.